The molecule has 17 heteroatoms. The summed E-state index contributed by atoms with van der Waals surface area (Å²) in [6.45, 7) is 2.70. The fourth-order valence-corrected chi connectivity index (χ4v) is 6.54. The van der Waals surface area contributed by atoms with E-state index in [1.807, 2.05) is 0 Å². The predicted molar refractivity (Wildman–Crippen MR) is 161 cm³/mol. The lowest BCUT2D eigenvalue weighted by Gasteiger charge is -2.07. The number of thiol groups is 1. The molecule has 0 spiro atoms. The van der Waals surface area contributed by atoms with Crippen molar-refractivity contribution in [1.29, 1.82) is 0 Å². The van der Waals surface area contributed by atoms with Gasteiger partial charge in [0.05, 0.1) is 19.0 Å². The van der Waals surface area contributed by atoms with Gasteiger partial charge in [-0.3, -0.25) is 9.98 Å². The molecule has 0 aromatic rings. The maximum atomic E-state index is 11.6. The highest BCUT2D eigenvalue weighted by Crippen LogP contribution is 2.12. The average molecular weight is 630 g/mol. The van der Waals surface area contributed by atoms with Crippen molar-refractivity contribution >= 4 is 102 Å². The van der Waals surface area contributed by atoms with Gasteiger partial charge in [0, 0.05) is 50.6 Å². The van der Waals surface area contributed by atoms with Crippen LogP contribution >= 0.6 is 83.2 Å². The maximum absolute atomic E-state index is 11.6. The van der Waals surface area contributed by atoms with Gasteiger partial charge < -0.3 is 24.9 Å². The van der Waals surface area contributed by atoms with Gasteiger partial charge in [-0.2, -0.15) is 22.4 Å². The van der Waals surface area contributed by atoms with Crippen molar-refractivity contribution in [2.24, 2.45) is 9.98 Å². The van der Waals surface area contributed by atoms with Crippen LogP contribution in [0, 0.1) is 0 Å². The second kappa shape index (κ2) is 32.6. The standard InChI is InChI=1S/C18H35N3O7S7/c22-13-34-17-35-14-28-27-12-20-2-7-30-15-31-8-3-21-18(23)24-4-9-32-16-33-10-5-25-26-11-19-1-6-29/h11-12,22,29H,1-10,13-17H2,(H,21,23). The first-order valence-corrected chi connectivity index (χ1v) is 18.0. The van der Waals surface area contributed by atoms with Crippen LogP contribution in [0.25, 0.3) is 0 Å². The number of hydrogen-bond acceptors (Lipinski definition) is 16. The zero-order valence-corrected chi connectivity index (χ0v) is 25.2. The van der Waals surface area contributed by atoms with E-state index < -0.39 is 0 Å². The summed E-state index contributed by atoms with van der Waals surface area (Å²) < 4.78 is 5.15. The molecule has 0 saturated carbocycles. The third-order valence-corrected chi connectivity index (χ3v) is 9.50. The molecule has 0 unspecified atom stereocenters. The van der Waals surface area contributed by atoms with Crippen molar-refractivity contribution < 1.29 is 34.2 Å². The summed E-state index contributed by atoms with van der Waals surface area (Å²) in [6.07, 6.45) is 2.21. The van der Waals surface area contributed by atoms with Crippen molar-refractivity contribution in [2.75, 3.05) is 88.7 Å². The summed E-state index contributed by atoms with van der Waals surface area (Å²) >= 11 is 13.9. The van der Waals surface area contributed by atoms with Crippen molar-refractivity contribution in [3.05, 3.63) is 0 Å². The number of carbonyl (C=O) groups excluding carboxylic acids is 1. The molecule has 0 rings (SSSR count). The van der Waals surface area contributed by atoms with E-state index in [1.54, 1.807) is 47.0 Å². The van der Waals surface area contributed by atoms with Gasteiger partial charge in [0.2, 0.25) is 12.8 Å². The van der Waals surface area contributed by atoms with Crippen LogP contribution in [-0.4, -0.2) is 113 Å². The monoisotopic (exact) mass is 629 g/mol. The molecule has 0 bridgehead atoms. The number of aliphatic hydroxyl groups is 1. The van der Waals surface area contributed by atoms with Crippen LogP contribution in [0.5, 0.6) is 0 Å². The Morgan fingerprint density at radius 3 is 2.26 bits per heavy atom. The van der Waals surface area contributed by atoms with Gasteiger partial charge in [0.15, 0.2) is 0 Å². The fourth-order valence-electron chi connectivity index (χ4n) is 1.56. The lowest BCUT2D eigenvalue weighted by atomic mass is 10.7. The van der Waals surface area contributed by atoms with Gasteiger partial charge in [-0.05, 0) is 0 Å². The second-order valence-electron chi connectivity index (χ2n) is 5.58. The molecule has 0 fully saturated rings. The zero-order valence-electron chi connectivity index (χ0n) is 19.4. The van der Waals surface area contributed by atoms with E-state index >= 15 is 0 Å². The Kier molecular flexibility index (Phi) is 33.1. The maximum Gasteiger partial charge on any atom is 0.407 e. The lowest BCUT2D eigenvalue weighted by Crippen LogP contribution is -2.27. The number of aliphatic hydroxyl groups excluding tert-OH is 1. The summed E-state index contributed by atoms with van der Waals surface area (Å²) in [5.41, 5.74) is 0. The molecule has 35 heavy (non-hydrogen) atoms. The number of alkyl carbamates (subject to hydrolysis) is 1. The lowest BCUT2D eigenvalue weighted by molar-refractivity contribution is -0.210. The first kappa shape index (κ1) is 35.5. The van der Waals surface area contributed by atoms with E-state index in [4.69, 9.17) is 29.4 Å². The SMILES string of the molecule is O=C(NCCSCSCCN=COOCSCSCO)OCCSCSCCOOC=NCCS. The molecule has 0 aromatic carbocycles. The van der Waals surface area contributed by atoms with Crippen molar-refractivity contribution in [3.8, 4) is 0 Å². The summed E-state index contributed by atoms with van der Waals surface area (Å²) in [4.78, 5) is 39.0. The summed E-state index contributed by atoms with van der Waals surface area (Å²) in [5, 5.41) is 13.9. The minimum atomic E-state index is -0.376. The van der Waals surface area contributed by atoms with E-state index in [0.29, 0.717) is 44.5 Å². The molecule has 1 amide bonds. The summed E-state index contributed by atoms with van der Waals surface area (Å²) in [7, 11) is 0. The van der Waals surface area contributed by atoms with E-state index in [1.165, 1.54) is 36.3 Å². The Morgan fingerprint density at radius 2 is 1.49 bits per heavy atom. The molecule has 0 aliphatic carbocycles. The summed E-state index contributed by atoms with van der Waals surface area (Å²) in [6, 6.07) is 0. The van der Waals surface area contributed by atoms with Crippen LogP contribution in [0.3, 0.4) is 0 Å². The normalized spacial score (nSPS) is 11.4. The molecule has 2 N–H and O–H groups in total. The largest absolute Gasteiger partial charge is 0.449 e. The summed E-state index contributed by atoms with van der Waals surface area (Å²) in [5.74, 6) is 4.45. The predicted octanol–water partition coefficient (Wildman–Crippen LogP) is 3.77. The van der Waals surface area contributed by atoms with Crippen molar-refractivity contribution in [3.63, 3.8) is 0 Å². The van der Waals surface area contributed by atoms with Gasteiger partial charge in [-0.25, -0.2) is 4.79 Å². The van der Waals surface area contributed by atoms with Crippen LogP contribution in [0.15, 0.2) is 9.98 Å². The van der Waals surface area contributed by atoms with Gasteiger partial charge >= 0.3 is 6.09 Å². The molecular weight excluding hydrogens is 595 g/mol. The van der Waals surface area contributed by atoms with E-state index in [0.717, 1.165) is 38.3 Å². The van der Waals surface area contributed by atoms with Crippen LogP contribution in [-0.2, 0) is 24.3 Å². The highest BCUT2D eigenvalue weighted by Gasteiger charge is 2.01. The first-order chi connectivity index (χ1) is 17.3. The first-order valence-electron chi connectivity index (χ1n) is 10.4. The molecular formula is C18H35N3O7S7. The number of nitrogens with zero attached hydrogens (tertiary/aromatic N) is 2. The number of amides is 1. The Bertz CT molecular complexity index is 515. The number of carbonyl (C=O) groups is 1. The zero-order chi connectivity index (χ0) is 25.5. The van der Waals surface area contributed by atoms with E-state index in [9.17, 15) is 4.79 Å². The Labute approximate surface area is 239 Å². The molecule has 0 saturated heterocycles. The molecule has 0 radical (unpaired) electrons. The van der Waals surface area contributed by atoms with Gasteiger partial charge in [-0.1, -0.05) is 0 Å². The number of ether oxygens (including phenoxy) is 1. The van der Waals surface area contributed by atoms with Crippen molar-refractivity contribution in [1.82, 2.24) is 5.32 Å². The van der Waals surface area contributed by atoms with Gasteiger partial charge in [0.1, 0.15) is 19.2 Å². The fraction of sp³-hybridized carbons (Fsp3) is 0.833. The number of rotatable bonds is 27. The van der Waals surface area contributed by atoms with E-state index in [-0.39, 0.29) is 12.0 Å². The smallest absolute Gasteiger partial charge is 0.407 e. The van der Waals surface area contributed by atoms with Crippen molar-refractivity contribution in [2.45, 2.75) is 0 Å². The Morgan fingerprint density at radius 1 is 0.829 bits per heavy atom. The Balaban J connectivity index is 3.21. The van der Waals surface area contributed by atoms with Gasteiger partial charge in [0.25, 0.3) is 0 Å². The number of thioether (sulfide) groups is 6. The minimum Gasteiger partial charge on any atom is -0.449 e. The number of nitrogens with one attached hydrogen (secondary N) is 1. The molecule has 0 aromatic heterocycles. The molecule has 0 aliphatic rings. The molecule has 10 nitrogen and oxygen atoms in total. The number of hydrogen-bond donors (Lipinski definition) is 3. The van der Waals surface area contributed by atoms with Gasteiger partial charge in [-0.15, -0.1) is 70.6 Å². The third kappa shape index (κ3) is 32.5. The highest BCUT2D eigenvalue weighted by atomic mass is 32.2. The van der Waals surface area contributed by atoms with Crippen LogP contribution in [0.2, 0.25) is 0 Å². The molecule has 0 heterocycles. The minimum absolute atomic E-state index is 0.109. The quantitative estimate of drug-likeness (QED) is 0.0233. The van der Waals surface area contributed by atoms with Crippen LogP contribution < -0.4 is 5.32 Å². The third-order valence-electron chi connectivity index (χ3n) is 2.98. The highest BCUT2D eigenvalue weighted by molar-refractivity contribution is 8.16. The van der Waals surface area contributed by atoms with E-state index in [2.05, 4.69) is 27.9 Å². The topological polar surface area (TPSA) is 120 Å². The van der Waals surface area contributed by atoms with Crippen LogP contribution in [0.1, 0.15) is 0 Å². The molecule has 0 atom stereocenters. The molecule has 0 aliphatic heterocycles. The number of aliphatic imine (C=N–C) groups is 2. The average Bonchev–Trinajstić information content (AvgIpc) is 2.86. The second-order valence-corrected chi connectivity index (χ2v) is 13.4. The van der Waals surface area contributed by atoms with Crippen LogP contribution in [0.4, 0.5) is 4.79 Å². The Hall–Kier alpha value is 0.540. The molecule has 206 valence electrons.